The van der Waals surface area contributed by atoms with Gasteiger partial charge in [-0.25, -0.2) is 9.97 Å². The summed E-state index contributed by atoms with van der Waals surface area (Å²) in [5, 5.41) is -0.00460. The fourth-order valence-electron chi connectivity index (χ4n) is 1.39. The zero-order valence-electron chi connectivity index (χ0n) is 9.14. The Balaban J connectivity index is 2.18. The molecule has 2 heterocycles. The first-order valence-corrected chi connectivity index (χ1v) is 7.64. The number of halogens is 2. The van der Waals surface area contributed by atoms with Gasteiger partial charge >= 0.3 is 10.2 Å². The number of rotatable bonds is 3. The van der Waals surface area contributed by atoms with Gasteiger partial charge in [-0.2, -0.15) is 12.7 Å². The summed E-state index contributed by atoms with van der Waals surface area (Å²) in [4.78, 5) is 7.72. The molecule has 1 fully saturated rings. The van der Waals surface area contributed by atoms with Gasteiger partial charge in [0.1, 0.15) is 4.60 Å². The second kappa shape index (κ2) is 5.66. The lowest BCUT2D eigenvalue weighted by Gasteiger charge is -2.26. The molecule has 0 amide bonds. The Labute approximate surface area is 118 Å². The van der Waals surface area contributed by atoms with Crippen molar-refractivity contribution >= 4 is 43.6 Å². The van der Waals surface area contributed by atoms with Gasteiger partial charge in [0.15, 0.2) is 11.0 Å². The van der Waals surface area contributed by atoms with Gasteiger partial charge < -0.3 is 4.74 Å². The quantitative estimate of drug-likeness (QED) is 0.868. The van der Waals surface area contributed by atoms with Crippen LogP contribution in [0.15, 0.2) is 10.8 Å². The molecule has 100 valence electrons. The van der Waals surface area contributed by atoms with Crippen molar-refractivity contribution in [2.24, 2.45) is 0 Å². The average molecular weight is 358 g/mol. The summed E-state index contributed by atoms with van der Waals surface area (Å²) < 4.78 is 33.1. The Morgan fingerprint density at radius 1 is 1.44 bits per heavy atom. The molecule has 1 N–H and O–H groups in total. The number of hydrogen-bond acceptors (Lipinski definition) is 5. The minimum Gasteiger partial charge on any atom is -0.379 e. The third-order valence-electron chi connectivity index (χ3n) is 2.23. The maximum absolute atomic E-state index is 12.0. The predicted octanol–water partition coefficient (Wildman–Crippen LogP) is 0.881. The molecule has 0 bridgehead atoms. The number of morpholine rings is 1. The first-order chi connectivity index (χ1) is 8.49. The Hall–Kier alpha value is -0.480. The molecule has 10 heteroatoms. The smallest absolute Gasteiger partial charge is 0.303 e. The molecule has 2 rings (SSSR count). The second-order valence-electron chi connectivity index (χ2n) is 3.45. The average Bonchev–Trinajstić information content (AvgIpc) is 2.35. The molecule has 1 aromatic rings. The molecule has 1 aliphatic rings. The van der Waals surface area contributed by atoms with Crippen molar-refractivity contribution in [1.29, 1.82) is 0 Å². The molecule has 0 spiro atoms. The van der Waals surface area contributed by atoms with Crippen LogP contribution < -0.4 is 4.72 Å². The SMILES string of the molecule is O=S(=O)(Nc1nc(Br)cnc1Cl)N1CCOCC1. The Bertz CT molecular complexity index is 535. The maximum Gasteiger partial charge on any atom is 0.303 e. The van der Waals surface area contributed by atoms with Crippen molar-refractivity contribution in [3.8, 4) is 0 Å². The van der Waals surface area contributed by atoms with Crippen LogP contribution in [0.4, 0.5) is 5.82 Å². The molecule has 0 aromatic carbocycles. The number of nitrogens with zero attached hydrogens (tertiary/aromatic N) is 3. The van der Waals surface area contributed by atoms with Crippen LogP contribution in [0.2, 0.25) is 5.15 Å². The third-order valence-corrected chi connectivity index (χ3v) is 4.39. The Morgan fingerprint density at radius 2 is 2.11 bits per heavy atom. The van der Waals surface area contributed by atoms with Crippen LogP contribution in [0.3, 0.4) is 0 Å². The van der Waals surface area contributed by atoms with Crippen molar-refractivity contribution in [3.63, 3.8) is 0 Å². The van der Waals surface area contributed by atoms with E-state index in [1.807, 2.05) is 0 Å². The van der Waals surface area contributed by atoms with Crippen molar-refractivity contribution < 1.29 is 13.2 Å². The van der Waals surface area contributed by atoms with Crippen molar-refractivity contribution in [2.75, 3.05) is 31.0 Å². The highest BCUT2D eigenvalue weighted by atomic mass is 79.9. The van der Waals surface area contributed by atoms with E-state index in [0.29, 0.717) is 30.9 Å². The van der Waals surface area contributed by atoms with Crippen molar-refractivity contribution in [3.05, 3.63) is 16.0 Å². The van der Waals surface area contributed by atoms with Crippen molar-refractivity contribution in [2.45, 2.75) is 0 Å². The molecule has 0 radical (unpaired) electrons. The maximum atomic E-state index is 12.0. The number of aromatic nitrogens is 2. The molecule has 0 atom stereocenters. The predicted molar refractivity (Wildman–Crippen MR) is 69.7 cm³/mol. The lowest BCUT2D eigenvalue weighted by molar-refractivity contribution is 0.0733. The molecule has 1 saturated heterocycles. The fraction of sp³-hybridized carbons (Fsp3) is 0.500. The van der Waals surface area contributed by atoms with E-state index >= 15 is 0 Å². The van der Waals surface area contributed by atoms with Gasteiger partial charge in [0.05, 0.1) is 19.4 Å². The highest BCUT2D eigenvalue weighted by Crippen LogP contribution is 2.20. The van der Waals surface area contributed by atoms with Gasteiger partial charge in [-0.05, 0) is 15.9 Å². The summed E-state index contributed by atoms with van der Waals surface area (Å²) in [7, 11) is -3.68. The zero-order valence-corrected chi connectivity index (χ0v) is 12.3. The summed E-state index contributed by atoms with van der Waals surface area (Å²) in [6.07, 6.45) is 1.38. The van der Waals surface area contributed by atoms with Crippen LogP contribution in [-0.4, -0.2) is 49.0 Å². The zero-order chi connectivity index (χ0) is 13.2. The summed E-state index contributed by atoms with van der Waals surface area (Å²) in [5.41, 5.74) is 0. The molecule has 0 saturated carbocycles. The van der Waals surface area contributed by atoms with Crippen molar-refractivity contribution in [1.82, 2.24) is 14.3 Å². The molecule has 1 aliphatic heterocycles. The van der Waals surface area contributed by atoms with E-state index in [-0.39, 0.29) is 11.0 Å². The van der Waals surface area contributed by atoms with Crippen LogP contribution in [0.5, 0.6) is 0 Å². The molecule has 18 heavy (non-hydrogen) atoms. The van der Waals surface area contributed by atoms with Gasteiger partial charge in [0.2, 0.25) is 0 Å². The van der Waals surface area contributed by atoms with E-state index in [4.69, 9.17) is 16.3 Å². The monoisotopic (exact) mass is 356 g/mol. The summed E-state index contributed by atoms with van der Waals surface area (Å²) >= 11 is 8.88. The highest BCUT2D eigenvalue weighted by molar-refractivity contribution is 9.10. The van der Waals surface area contributed by atoms with E-state index in [1.54, 1.807) is 0 Å². The Morgan fingerprint density at radius 3 is 2.78 bits per heavy atom. The molecule has 7 nitrogen and oxygen atoms in total. The third kappa shape index (κ3) is 3.29. The minimum absolute atomic E-state index is 0.00228. The van der Waals surface area contributed by atoms with E-state index in [2.05, 4.69) is 30.6 Å². The van der Waals surface area contributed by atoms with Crippen LogP contribution >= 0.6 is 27.5 Å². The fourth-order valence-corrected chi connectivity index (χ4v) is 3.01. The Kier molecular flexibility index (Phi) is 4.38. The summed E-state index contributed by atoms with van der Waals surface area (Å²) in [6, 6.07) is 0. The minimum atomic E-state index is -3.68. The second-order valence-corrected chi connectivity index (χ2v) is 6.29. The number of nitrogens with one attached hydrogen (secondary N) is 1. The van der Waals surface area contributed by atoms with Crippen LogP contribution in [-0.2, 0) is 14.9 Å². The van der Waals surface area contributed by atoms with Gasteiger partial charge in [0, 0.05) is 13.1 Å². The lowest BCUT2D eigenvalue weighted by atomic mass is 10.5. The molecular weight excluding hydrogens is 348 g/mol. The van der Waals surface area contributed by atoms with Crippen LogP contribution in [0.25, 0.3) is 0 Å². The normalized spacial score (nSPS) is 17.7. The van der Waals surface area contributed by atoms with Crippen LogP contribution in [0.1, 0.15) is 0 Å². The molecule has 0 unspecified atom stereocenters. The largest absolute Gasteiger partial charge is 0.379 e. The topological polar surface area (TPSA) is 84.4 Å². The lowest BCUT2D eigenvalue weighted by Crippen LogP contribution is -2.43. The number of ether oxygens (including phenoxy) is 1. The first kappa shape index (κ1) is 13.9. The molecule has 1 aromatic heterocycles. The van der Waals surface area contributed by atoms with Crippen LogP contribution in [0, 0.1) is 0 Å². The van der Waals surface area contributed by atoms with E-state index < -0.39 is 10.2 Å². The summed E-state index contributed by atoms with van der Waals surface area (Å²) in [6.45, 7) is 1.35. The standard InChI is InChI=1S/C8H10BrClN4O3S/c9-6-5-11-7(10)8(12-6)13-18(15,16)14-1-3-17-4-2-14/h5H,1-4H2,(H,12,13). The van der Waals surface area contributed by atoms with Gasteiger partial charge in [0.25, 0.3) is 0 Å². The summed E-state index contributed by atoms with van der Waals surface area (Å²) in [5.74, 6) is -0.00228. The number of anilines is 1. The van der Waals surface area contributed by atoms with E-state index in [9.17, 15) is 8.42 Å². The van der Waals surface area contributed by atoms with Gasteiger partial charge in [-0.3, -0.25) is 4.72 Å². The van der Waals surface area contributed by atoms with Gasteiger partial charge in [-0.15, -0.1) is 0 Å². The van der Waals surface area contributed by atoms with E-state index in [1.165, 1.54) is 10.5 Å². The number of hydrogen-bond donors (Lipinski definition) is 1. The van der Waals surface area contributed by atoms with Gasteiger partial charge in [-0.1, -0.05) is 11.6 Å². The molecule has 0 aliphatic carbocycles. The van der Waals surface area contributed by atoms with E-state index in [0.717, 1.165) is 0 Å². The highest BCUT2D eigenvalue weighted by Gasteiger charge is 2.25. The molecular formula is C8H10BrClN4O3S. The first-order valence-electron chi connectivity index (χ1n) is 5.03.